The molecular weight excluding hydrogens is 398 g/mol. The molecule has 1 unspecified atom stereocenters. The first-order chi connectivity index (χ1) is 11.0. The molecule has 2 N–H and O–H groups in total. The average Bonchev–Trinajstić information content (AvgIpc) is 3.08. The summed E-state index contributed by atoms with van der Waals surface area (Å²) in [5.74, 6) is -0.746. The van der Waals surface area contributed by atoms with E-state index in [1.807, 2.05) is 6.92 Å². The fourth-order valence-corrected chi connectivity index (χ4v) is 4.45. The molecule has 23 heavy (non-hydrogen) atoms. The van der Waals surface area contributed by atoms with Gasteiger partial charge in [-0.05, 0) is 30.7 Å². The SMILES string of the molecule is CCc1nnc(C2C(=N)SC(=Cc3cc(Br)ccc3O)C2=O)s1. The predicted molar refractivity (Wildman–Crippen MR) is 96.1 cm³/mol. The minimum absolute atomic E-state index is 0.0910. The van der Waals surface area contributed by atoms with Crippen LogP contribution in [0.4, 0.5) is 0 Å². The second kappa shape index (κ2) is 6.54. The Labute approximate surface area is 149 Å². The minimum Gasteiger partial charge on any atom is -0.507 e. The van der Waals surface area contributed by atoms with Crippen LogP contribution in [-0.2, 0) is 11.2 Å². The number of carbonyl (C=O) groups is 1. The normalized spacial score (nSPS) is 19.7. The molecule has 0 radical (unpaired) electrons. The van der Waals surface area contributed by atoms with Crippen molar-refractivity contribution in [3.8, 4) is 5.75 Å². The van der Waals surface area contributed by atoms with Crippen LogP contribution in [0.2, 0.25) is 0 Å². The summed E-state index contributed by atoms with van der Waals surface area (Å²) in [6, 6.07) is 5.01. The Morgan fingerprint density at radius 1 is 1.43 bits per heavy atom. The number of phenolic OH excluding ortho intramolecular Hbond substituents is 1. The highest BCUT2D eigenvalue weighted by molar-refractivity contribution is 9.10. The first-order valence-corrected chi connectivity index (χ1v) is 9.25. The number of carbonyl (C=O) groups excluding carboxylic acids is 1. The summed E-state index contributed by atoms with van der Waals surface area (Å²) < 4.78 is 0.806. The number of aromatic hydroxyl groups is 1. The second-order valence-corrected chi connectivity index (χ2v) is 7.96. The fraction of sp³-hybridized carbons (Fsp3) is 0.200. The van der Waals surface area contributed by atoms with Gasteiger partial charge in [0, 0.05) is 10.0 Å². The summed E-state index contributed by atoms with van der Waals surface area (Å²) in [6.45, 7) is 1.97. The van der Waals surface area contributed by atoms with Gasteiger partial charge >= 0.3 is 0 Å². The molecule has 0 saturated carbocycles. The molecule has 3 rings (SSSR count). The van der Waals surface area contributed by atoms with E-state index in [9.17, 15) is 9.90 Å². The van der Waals surface area contributed by atoms with Gasteiger partial charge in [-0.25, -0.2) is 0 Å². The van der Waals surface area contributed by atoms with Crippen molar-refractivity contribution in [2.24, 2.45) is 0 Å². The van der Waals surface area contributed by atoms with E-state index in [0.29, 0.717) is 15.5 Å². The molecule has 0 bridgehead atoms. The zero-order valence-electron chi connectivity index (χ0n) is 12.0. The Hall–Kier alpha value is -1.51. The van der Waals surface area contributed by atoms with E-state index in [2.05, 4.69) is 26.1 Å². The predicted octanol–water partition coefficient (Wildman–Crippen LogP) is 3.99. The molecule has 2 heterocycles. The van der Waals surface area contributed by atoms with Gasteiger partial charge in [0.15, 0.2) is 5.78 Å². The molecule has 0 aliphatic carbocycles. The van der Waals surface area contributed by atoms with Gasteiger partial charge in [-0.1, -0.05) is 34.6 Å². The van der Waals surface area contributed by atoms with Crippen molar-refractivity contribution in [3.05, 3.63) is 43.2 Å². The van der Waals surface area contributed by atoms with Crippen molar-refractivity contribution >= 4 is 55.9 Å². The molecule has 5 nitrogen and oxygen atoms in total. The Morgan fingerprint density at radius 2 is 2.22 bits per heavy atom. The van der Waals surface area contributed by atoms with E-state index in [4.69, 9.17) is 5.41 Å². The van der Waals surface area contributed by atoms with Gasteiger partial charge in [-0.3, -0.25) is 10.2 Å². The number of hydrogen-bond acceptors (Lipinski definition) is 7. The van der Waals surface area contributed by atoms with Crippen molar-refractivity contribution in [1.82, 2.24) is 10.2 Å². The maximum Gasteiger partial charge on any atom is 0.186 e. The molecule has 1 atom stereocenters. The van der Waals surface area contributed by atoms with Gasteiger partial charge in [0.05, 0.1) is 9.95 Å². The summed E-state index contributed by atoms with van der Waals surface area (Å²) in [5.41, 5.74) is 0.537. The van der Waals surface area contributed by atoms with Crippen molar-refractivity contribution < 1.29 is 9.90 Å². The lowest BCUT2D eigenvalue weighted by Gasteiger charge is -2.02. The van der Waals surface area contributed by atoms with Gasteiger partial charge in [0.1, 0.15) is 21.7 Å². The van der Waals surface area contributed by atoms with Crippen LogP contribution in [0.5, 0.6) is 5.75 Å². The van der Waals surface area contributed by atoms with Crippen molar-refractivity contribution in [3.63, 3.8) is 0 Å². The zero-order valence-corrected chi connectivity index (χ0v) is 15.3. The number of thioether (sulfide) groups is 1. The number of phenols is 1. The number of aryl methyl sites for hydroxylation is 1. The minimum atomic E-state index is -0.668. The Morgan fingerprint density at radius 3 is 2.91 bits per heavy atom. The topological polar surface area (TPSA) is 86.9 Å². The largest absolute Gasteiger partial charge is 0.507 e. The van der Waals surface area contributed by atoms with Crippen LogP contribution < -0.4 is 0 Å². The lowest BCUT2D eigenvalue weighted by atomic mass is 10.0. The van der Waals surface area contributed by atoms with Crippen LogP contribution in [0.3, 0.4) is 0 Å². The number of allylic oxidation sites excluding steroid dienone is 1. The molecule has 1 aromatic heterocycles. The van der Waals surface area contributed by atoms with Crippen LogP contribution in [0.15, 0.2) is 27.6 Å². The molecular formula is C15H12BrN3O2S2. The number of aromatic nitrogens is 2. The van der Waals surface area contributed by atoms with E-state index in [-0.39, 0.29) is 16.6 Å². The molecule has 1 aromatic carbocycles. The van der Waals surface area contributed by atoms with Gasteiger partial charge in [-0.15, -0.1) is 21.5 Å². The van der Waals surface area contributed by atoms with Crippen LogP contribution in [0.1, 0.15) is 28.4 Å². The van der Waals surface area contributed by atoms with Gasteiger partial charge in [-0.2, -0.15) is 0 Å². The average molecular weight is 410 g/mol. The van der Waals surface area contributed by atoms with E-state index in [0.717, 1.165) is 27.7 Å². The van der Waals surface area contributed by atoms with Crippen LogP contribution in [-0.4, -0.2) is 26.1 Å². The first kappa shape index (κ1) is 16.4. The third-order valence-corrected chi connectivity index (χ3v) is 5.92. The summed E-state index contributed by atoms with van der Waals surface area (Å²) >= 11 is 5.82. The molecule has 0 amide bonds. The molecule has 0 spiro atoms. The number of ketones is 1. The Kier molecular flexibility index (Phi) is 4.65. The molecule has 1 aliphatic heterocycles. The number of Topliss-reactive ketones (excluding diaryl/α,β-unsaturated/α-hetero) is 1. The summed E-state index contributed by atoms with van der Waals surface area (Å²) in [5, 5.41) is 27.7. The summed E-state index contributed by atoms with van der Waals surface area (Å²) in [7, 11) is 0. The molecule has 118 valence electrons. The van der Waals surface area contributed by atoms with Crippen LogP contribution >= 0.6 is 39.0 Å². The lowest BCUT2D eigenvalue weighted by Crippen LogP contribution is -2.11. The number of rotatable bonds is 3. The van der Waals surface area contributed by atoms with Gasteiger partial charge in [0.2, 0.25) is 0 Å². The number of nitrogens with zero attached hydrogens (tertiary/aromatic N) is 2. The van der Waals surface area contributed by atoms with E-state index in [1.54, 1.807) is 24.3 Å². The fourth-order valence-electron chi connectivity index (χ4n) is 2.12. The smallest absolute Gasteiger partial charge is 0.186 e. The highest BCUT2D eigenvalue weighted by Gasteiger charge is 2.39. The maximum absolute atomic E-state index is 12.6. The molecule has 2 aromatic rings. The molecule has 1 aliphatic rings. The molecule has 1 saturated heterocycles. The summed E-state index contributed by atoms with van der Waals surface area (Å²) in [4.78, 5) is 13.1. The zero-order chi connectivity index (χ0) is 16.6. The lowest BCUT2D eigenvalue weighted by molar-refractivity contribution is -0.114. The van der Waals surface area contributed by atoms with E-state index < -0.39 is 5.92 Å². The highest BCUT2D eigenvalue weighted by Crippen LogP contribution is 2.42. The molecule has 1 fully saturated rings. The van der Waals surface area contributed by atoms with Crippen molar-refractivity contribution in [1.29, 1.82) is 5.41 Å². The van der Waals surface area contributed by atoms with Crippen LogP contribution in [0, 0.1) is 5.41 Å². The van der Waals surface area contributed by atoms with Crippen molar-refractivity contribution in [2.75, 3.05) is 0 Å². The Balaban J connectivity index is 1.94. The highest BCUT2D eigenvalue weighted by atomic mass is 79.9. The molecule has 8 heteroatoms. The van der Waals surface area contributed by atoms with Crippen LogP contribution in [0.25, 0.3) is 6.08 Å². The van der Waals surface area contributed by atoms with E-state index >= 15 is 0 Å². The van der Waals surface area contributed by atoms with Gasteiger partial charge in [0.25, 0.3) is 0 Å². The monoisotopic (exact) mass is 409 g/mol. The number of hydrogen-bond donors (Lipinski definition) is 2. The van der Waals surface area contributed by atoms with Crippen molar-refractivity contribution in [2.45, 2.75) is 19.3 Å². The number of halogens is 1. The number of benzene rings is 1. The third-order valence-electron chi connectivity index (χ3n) is 3.30. The standard InChI is InChI=1S/C15H12BrN3O2S2/c1-2-11-18-19-15(23-11)12-13(21)10(22-14(12)17)6-7-5-8(16)3-4-9(7)20/h3-6,12,17,20H,2H2,1H3. The maximum atomic E-state index is 12.6. The number of nitrogens with one attached hydrogen (secondary N) is 1. The van der Waals surface area contributed by atoms with E-state index in [1.165, 1.54) is 11.3 Å². The van der Waals surface area contributed by atoms with Gasteiger partial charge < -0.3 is 5.11 Å². The Bertz CT molecular complexity index is 832. The first-order valence-electron chi connectivity index (χ1n) is 6.82. The quantitative estimate of drug-likeness (QED) is 0.748. The third kappa shape index (κ3) is 3.24. The summed E-state index contributed by atoms with van der Waals surface area (Å²) in [6.07, 6.45) is 2.37. The second-order valence-electron chi connectivity index (χ2n) is 4.86.